The molecule has 2 atom stereocenters. The number of fused-ring (bicyclic) bond motifs is 8. The maximum Gasteiger partial charge on any atom is 0.0455 e. The van der Waals surface area contributed by atoms with E-state index in [4.69, 9.17) is 5.73 Å². The highest BCUT2D eigenvalue weighted by molar-refractivity contribution is 7.28. The minimum Gasteiger partial charge on any atom is -0.399 e. The van der Waals surface area contributed by atoms with Crippen molar-refractivity contribution in [3.63, 3.8) is 0 Å². The van der Waals surface area contributed by atoms with Gasteiger partial charge in [-0.1, -0.05) is 31.5 Å². The Bertz CT molecular complexity index is 2120. The molecule has 0 saturated heterocycles. The average molecular weight is 616 g/mol. The molecule has 2 aliphatic carbocycles. The van der Waals surface area contributed by atoms with Crippen molar-refractivity contribution in [1.82, 2.24) is 0 Å². The van der Waals surface area contributed by atoms with Crippen LogP contribution in [0, 0.1) is 20.8 Å². The van der Waals surface area contributed by atoms with Crippen molar-refractivity contribution >= 4 is 71.2 Å². The predicted molar refractivity (Wildman–Crippen MR) is 188 cm³/mol. The fraction of sp³-hybridized carbons (Fsp3) is 0.189. The maximum absolute atomic E-state index is 6.08. The summed E-state index contributed by atoms with van der Waals surface area (Å²) in [6, 6.07) is 22.8. The van der Waals surface area contributed by atoms with Gasteiger partial charge in [-0.05, 0) is 125 Å². The van der Waals surface area contributed by atoms with Gasteiger partial charge in [-0.3, -0.25) is 0 Å². The Kier molecular flexibility index (Phi) is 5.22. The summed E-state index contributed by atoms with van der Waals surface area (Å²) in [5.74, 6) is 0.811. The molecule has 206 valence electrons. The summed E-state index contributed by atoms with van der Waals surface area (Å²) in [6.07, 6.45) is 0. The molecule has 42 heavy (non-hydrogen) atoms. The van der Waals surface area contributed by atoms with Gasteiger partial charge in [0.1, 0.15) is 0 Å². The summed E-state index contributed by atoms with van der Waals surface area (Å²) in [7, 11) is 0. The van der Waals surface area contributed by atoms with Gasteiger partial charge in [0.15, 0.2) is 0 Å². The first-order valence-corrected chi connectivity index (χ1v) is 17.8. The van der Waals surface area contributed by atoms with Crippen molar-refractivity contribution in [2.75, 3.05) is 5.73 Å². The number of aryl methyl sites for hydroxylation is 1. The number of nitrogens with two attached hydrogens (primary N) is 1. The van der Waals surface area contributed by atoms with E-state index >= 15 is 0 Å². The van der Waals surface area contributed by atoms with Crippen molar-refractivity contribution in [3.8, 4) is 40.4 Å². The second-order valence-corrected chi connectivity index (χ2v) is 16.4. The second kappa shape index (κ2) is 8.67. The standard InChI is InChI=1S/C37H29NS4/c1-16-6-8-26-21(10-16)12-28(39-26)30-14-24-17(2)32-20(5)35-33(19(4)34(32)36(24)41-30)18(3)25-15-31(42-37(25)35)29-13-22-11-23(38)7-9-27(22)40-29/h6-15,17-18H,38H2,1-5H3. The van der Waals surface area contributed by atoms with Crippen molar-refractivity contribution in [3.05, 3.63) is 99.6 Å². The Hall–Kier alpha value is -3.22. The lowest BCUT2D eigenvalue weighted by Gasteiger charge is -2.20. The molecule has 2 unspecified atom stereocenters. The van der Waals surface area contributed by atoms with Gasteiger partial charge in [-0.25, -0.2) is 0 Å². The van der Waals surface area contributed by atoms with Gasteiger partial charge in [-0.2, -0.15) is 0 Å². The Balaban J connectivity index is 1.17. The van der Waals surface area contributed by atoms with Gasteiger partial charge in [0, 0.05) is 56.2 Å². The quantitative estimate of drug-likeness (QED) is 0.192. The van der Waals surface area contributed by atoms with Crippen LogP contribution >= 0.6 is 45.3 Å². The van der Waals surface area contributed by atoms with Gasteiger partial charge in [0.25, 0.3) is 0 Å². The Labute approximate surface area is 261 Å². The molecule has 4 heterocycles. The second-order valence-electron chi connectivity index (χ2n) is 12.1. The summed E-state index contributed by atoms with van der Waals surface area (Å²) < 4.78 is 2.68. The van der Waals surface area contributed by atoms with E-state index in [0.29, 0.717) is 11.8 Å². The molecule has 7 aromatic rings. The molecule has 0 amide bonds. The summed E-state index contributed by atoms with van der Waals surface area (Å²) in [6.45, 7) is 11.8. The van der Waals surface area contributed by atoms with Crippen molar-refractivity contribution in [2.24, 2.45) is 0 Å². The number of hydrogen-bond acceptors (Lipinski definition) is 5. The first kappa shape index (κ1) is 25.3. The highest BCUT2D eigenvalue weighted by atomic mass is 32.1. The Morgan fingerprint density at radius 3 is 1.57 bits per heavy atom. The van der Waals surface area contributed by atoms with E-state index < -0.39 is 0 Å². The minimum atomic E-state index is 0.402. The molecule has 0 saturated carbocycles. The van der Waals surface area contributed by atoms with Crippen LogP contribution in [-0.2, 0) is 0 Å². The van der Waals surface area contributed by atoms with E-state index in [1.54, 1.807) is 11.1 Å². The molecule has 0 bridgehead atoms. The smallest absolute Gasteiger partial charge is 0.0455 e. The van der Waals surface area contributed by atoms with E-state index in [9.17, 15) is 0 Å². The van der Waals surface area contributed by atoms with E-state index in [1.807, 2.05) is 51.4 Å². The molecular weight excluding hydrogens is 587 g/mol. The monoisotopic (exact) mass is 615 g/mol. The molecule has 4 aromatic heterocycles. The van der Waals surface area contributed by atoms with Gasteiger partial charge < -0.3 is 5.73 Å². The molecule has 0 spiro atoms. The highest BCUT2D eigenvalue weighted by Gasteiger charge is 2.39. The van der Waals surface area contributed by atoms with Crippen LogP contribution in [0.2, 0.25) is 0 Å². The molecule has 0 fully saturated rings. The molecule has 1 nitrogen and oxygen atoms in total. The third-order valence-electron chi connectivity index (χ3n) is 9.57. The molecule has 0 radical (unpaired) electrons. The fourth-order valence-electron chi connectivity index (χ4n) is 7.58. The molecule has 9 rings (SSSR count). The largest absolute Gasteiger partial charge is 0.399 e. The molecule has 0 aliphatic heterocycles. The topological polar surface area (TPSA) is 26.0 Å². The third-order valence-corrected chi connectivity index (χ3v) is 14.5. The summed E-state index contributed by atoms with van der Waals surface area (Å²) in [5, 5.41) is 2.60. The van der Waals surface area contributed by atoms with Crippen LogP contribution in [-0.4, -0.2) is 0 Å². The number of hydrogen-bond donors (Lipinski definition) is 1. The third kappa shape index (κ3) is 3.34. The lowest BCUT2D eigenvalue weighted by molar-refractivity contribution is 0.926. The van der Waals surface area contributed by atoms with E-state index in [1.165, 1.54) is 88.4 Å². The van der Waals surface area contributed by atoms with Crippen LogP contribution in [0.15, 0.2) is 60.7 Å². The number of thiophene rings is 4. The number of nitrogen functional groups attached to an aromatic ring is 1. The lowest BCUT2D eigenvalue weighted by Crippen LogP contribution is -2.01. The zero-order valence-corrected chi connectivity index (χ0v) is 27.4. The zero-order valence-electron chi connectivity index (χ0n) is 24.1. The van der Waals surface area contributed by atoms with Gasteiger partial charge >= 0.3 is 0 Å². The summed E-state index contributed by atoms with van der Waals surface area (Å²) in [4.78, 5) is 8.51. The van der Waals surface area contributed by atoms with Crippen LogP contribution < -0.4 is 5.73 Å². The van der Waals surface area contributed by atoms with E-state index in [0.717, 1.165) is 5.69 Å². The molecule has 5 heteroatoms. The van der Waals surface area contributed by atoms with Crippen molar-refractivity contribution < 1.29 is 0 Å². The molecule has 2 N–H and O–H groups in total. The highest BCUT2D eigenvalue weighted by Crippen LogP contribution is 2.61. The average Bonchev–Trinajstić information content (AvgIpc) is 3.78. The van der Waals surface area contributed by atoms with Gasteiger partial charge in [0.05, 0.1) is 0 Å². The molecule has 2 aliphatic rings. The first-order valence-electron chi connectivity index (χ1n) is 14.5. The molecular formula is C37H29NS4. The number of rotatable bonds is 2. The minimum absolute atomic E-state index is 0.402. The van der Waals surface area contributed by atoms with Crippen LogP contribution in [0.5, 0.6) is 0 Å². The summed E-state index contributed by atoms with van der Waals surface area (Å²) >= 11 is 7.79. The van der Waals surface area contributed by atoms with Crippen LogP contribution in [0.1, 0.15) is 64.6 Å². The van der Waals surface area contributed by atoms with Crippen LogP contribution in [0.3, 0.4) is 0 Å². The first-order chi connectivity index (χ1) is 20.3. The van der Waals surface area contributed by atoms with Crippen molar-refractivity contribution in [1.29, 1.82) is 0 Å². The van der Waals surface area contributed by atoms with Gasteiger partial charge in [0.2, 0.25) is 0 Å². The van der Waals surface area contributed by atoms with Crippen LogP contribution in [0.25, 0.3) is 60.6 Å². The van der Waals surface area contributed by atoms with E-state index in [-0.39, 0.29) is 0 Å². The fourth-order valence-corrected chi connectivity index (χ4v) is 12.6. The van der Waals surface area contributed by atoms with Crippen LogP contribution in [0.4, 0.5) is 5.69 Å². The number of anilines is 1. The number of benzene rings is 3. The maximum atomic E-state index is 6.08. The normalized spacial score (nSPS) is 16.8. The Morgan fingerprint density at radius 1 is 0.548 bits per heavy atom. The zero-order chi connectivity index (χ0) is 28.6. The van der Waals surface area contributed by atoms with Crippen molar-refractivity contribution in [2.45, 2.75) is 46.5 Å². The molecule has 3 aromatic carbocycles. The Morgan fingerprint density at radius 2 is 1.02 bits per heavy atom. The summed E-state index contributed by atoms with van der Waals surface area (Å²) in [5.41, 5.74) is 20.4. The SMILES string of the molecule is Cc1ccc2sc(-c3cc4c(s3)-c3c(C)c5c(c(C)c3C4C)-c3sc(-c4cc6cc(N)ccc6s4)cc3C5C)cc2c1. The van der Waals surface area contributed by atoms with Gasteiger partial charge in [-0.15, -0.1) is 45.3 Å². The lowest BCUT2D eigenvalue weighted by atomic mass is 9.85. The van der Waals surface area contributed by atoms with E-state index in [2.05, 4.69) is 89.2 Å². The predicted octanol–water partition coefficient (Wildman–Crippen LogP) is 12.3.